The molecule has 1 N–H and O–H groups in total. The summed E-state index contributed by atoms with van der Waals surface area (Å²) in [5.74, 6) is 1.04. The molecule has 1 amide bonds. The predicted molar refractivity (Wildman–Crippen MR) is 150 cm³/mol. The lowest BCUT2D eigenvalue weighted by molar-refractivity contribution is -0.128. The van der Waals surface area contributed by atoms with E-state index in [1.807, 2.05) is 39.8 Å². The molecule has 0 aliphatic carbocycles. The van der Waals surface area contributed by atoms with E-state index in [9.17, 15) is 13.2 Å². The molecule has 8 heteroatoms. The number of rotatable bonds is 7. The van der Waals surface area contributed by atoms with E-state index in [4.69, 9.17) is 9.47 Å². The van der Waals surface area contributed by atoms with Crippen LogP contribution in [0.15, 0.2) is 59.5 Å². The van der Waals surface area contributed by atoms with Gasteiger partial charge in [-0.15, -0.1) is 0 Å². The molecule has 202 valence electrons. The first-order valence-electron chi connectivity index (χ1n) is 12.8. The van der Waals surface area contributed by atoms with Crippen LogP contribution in [-0.2, 0) is 14.8 Å². The second-order valence-electron chi connectivity index (χ2n) is 10.3. The van der Waals surface area contributed by atoms with Crippen molar-refractivity contribution in [2.75, 3.05) is 18.0 Å². The molecule has 0 radical (unpaired) electrons. The number of sulfonamides is 1. The Morgan fingerprint density at radius 1 is 0.974 bits per heavy atom. The van der Waals surface area contributed by atoms with Crippen molar-refractivity contribution in [2.24, 2.45) is 0 Å². The van der Waals surface area contributed by atoms with Crippen LogP contribution in [0.25, 0.3) is 0 Å². The predicted octanol–water partition coefficient (Wildman–Crippen LogP) is 5.58. The monoisotopic (exact) mass is 536 g/mol. The third-order valence-electron chi connectivity index (χ3n) is 6.95. The second-order valence-corrected chi connectivity index (χ2v) is 12.1. The number of nitrogens with one attached hydrogen (secondary N) is 1. The number of hydrogen-bond donors (Lipinski definition) is 1. The number of anilines is 1. The van der Waals surface area contributed by atoms with Crippen LogP contribution in [0.5, 0.6) is 11.5 Å². The number of methoxy groups -OCH3 is 1. The highest BCUT2D eigenvalue weighted by Gasteiger charge is 2.38. The lowest BCUT2D eigenvalue weighted by Crippen LogP contribution is -2.51. The molecule has 1 heterocycles. The van der Waals surface area contributed by atoms with Crippen LogP contribution in [0.3, 0.4) is 0 Å². The van der Waals surface area contributed by atoms with Gasteiger partial charge in [-0.2, -0.15) is 0 Å². The van der Waals surface area contributed by atoms with E-state index < -0.39 is 16.1 Å². The van der Waals surface area contributed by atoms with Gasteiger partial charge >= 0.3 is 0 Å². The molecule has 1 aliphatic heterocycles. The normalized spacial score (nSPS) is 16.0. The Bertz CT molecular complexity index is 1450. The Kier molecular flexibility index (Phi) is 7.74. The molecular weight excluding hydrogens is 500 g/mol. The maximum Gasteiger partial charge on any atom is 0.264 e. The van der Waals surface area contributed by atoms with Crippen molar-refractivity contribution in [2.45, 2.75) is 64.5 Å². The quantitative estimate of drug-likeness (QED) is 0.426. The summed E-state index contributed by atoms with van der Waals surface area (Å²) in [4.78, 5) is 13.6. The zero-order chi connectivity index (χ0) is 27.8. The zero-order valence-corrected chi connectivity index (χ0v) is 23.8. The van der Waals surface area contributed by atoms with Gasteiger partial charge in [0.15, 0.2) is 6.10 Å². The molecule has 38 heavy (non-hydrogen) atoms. The van der Waals surface area contributed by atoms with Gasteiger partial charge < -0.3 is 14.8 Å². The third-order valence-corrected chi connectivity index (χ3v) is 8.75. The number of carbonyl (C=O) groups excluding carboxylic acids is 1. The summed E-state index contributed by atoms with van der Waals surface area (Å²) in [5, 5.41) is 3.05. The van der Waals surface area contributed by atoms with Crippen LogP contribution in [0.1, 0.15) is 60.5 Å². The minimum absolute atomic E-state index is 0.135. The molecule has 0 unspecified atom stereocenters. The molecule has 3 aromatic carbocycles. The molecule has 2 atom stereocenters. The Morgan fingerprint density at radius 3 is 2.26 bits per heavy atom. The van der Waals surface area contributed by atoms with Gasteiger partial charge in [0.25, 0.3) is 15.9 Å². The van der Waals surface area contributed by atoms with Crippen LogP contribution in [0.2, 0.25) is 0 Å². The minimum atomic E-state index is -3.93. The van der Waals surface area contributed by atoms with E-state index in [2.05, 4.69) is 25.2 Å². The lowest BCUT2D eigenvalue weighted by Gasteiger charge is -2.35. The summed E-state index contributed by atoms with van der Waals surface area (Å²) in [5.41, 5.74) is 5.30. The Balaban J connectivity index is 1.64. The number of nitrogens with zero attached hydrogens (tertiary/aromatic N) is 1. The van der Waals surface area contributed by atoms with Crippen molar-refractivity contribution in [1.82, 2.24) is 5.32 Å². The number of amides is 1. The highest BCUT2D eigenvalue weighted by atomic mass is 32.2. The van der Waals surface area contributed by atoms with Gasteiger partial charge in [-0.05, 0) is 92.3 Å². The van der Waals surface area contributed by atoms with Gasteiger partial charge in [0, 0.05) is 0 Å². The topological polar surface area (TPSA) is 84.9 Å². The average Bonchev–Trinajstić information content (AvgIpc) is 2.87. The first kappa shape index (κ1) is 27.5. The van der Waals surface area contributed by atoms with E-state index in [0.717, 1.165) is 33.6 Å². The van der Waals surface area contributed by atoms with Crippen molar-refractivity contribution < 1.29 is 22.7 Å². The summed E-state index contributed by atoms with van der Waals surface area (Å²) < 4.78 is 40.3. The Hall–Kier alpha value is -3.52. The molecular formula is C30H36N2O5S. The summed E-state index contributed by atoms with van der Waals surface area (Å²) in [6.07, 6.45) is -1.02. The van der Waals surface area contributed by atoms with E-state index in [1.54, 1.807) is 43.5 Å². The fourth-order valence-corrected chi connectivity index (χ4v) is 6.23. The summed E-state index contributed by atoms with van der Waals surface area (Å²) in [6, 6.07) is 15.8. The number of ether oxygens (including phenoxy) is 2. The summed E-state index contributed by atoms with van der Waals surface area (Å²) in [7, 11) is -2.27. The average molecular weight is 537 g/mol. The van der Waals surface area contributed by atoms with E-state index in [0.29, 0.717) is 11.4 Å². The van der Waals surface area contributed by atoms with Crippen molar-refractivity contribution in [3.05, 3.63) is 82.4 Å². The molecule has 0 spiro atoms. The maximum atomic E-state index is 13.7. The minimum Gasteiger partial charge on any atom is -0.496 e. The summed E-state index contributed by atoms with van der Waals surface area (Å²) >= 11 is 0. The highest BCUT2D eigenvalue weighted by Crippen LogP contribution is 2.38. The first-order valence-corrected chi connectivity index (χ1v) is 14.2. The van der Waals surface area contributed by atoms with Crippen LogP contribution < -0.4 is 19.1 Å². The zero-order valence-electron chi connectivity index (χ0n) is 23.0. The fourth-order valence-electron chi connectivity index (χ4n) is 4.76. The fraction of sp³-hybridized carbons (Fsp3) is 0.367. The summed E-state index contributed by atoms with van der Waals surface area (Å²) in [6.45, 7) is 11.7. The molecule has 0 saturated heterocycles. The molecule has 0 aromatic heterocycles. The highest BCUT2D eigenvalue weighted by molar-refractivity contribution is 7.92. The Labute approximate surface area is 225 Å². The van der Waals surface area contributed by atoms with Crippen molar-refractivity contribution in [3.63, 3.8) is 0 Å². The molecule has 3 aromatic rings. The first-order chi connectivity index (χ1) is 17.9. The number of carbonyl (C=O) groups is 1. The lowest BCUT2D eigenvalue weighted by atomic mass is 9.93. The molecule has 7 nitrogen and oxygen atoms in total. The van der Waals surface area contributed by atoms with Gasteiger partial charge in [0.05, 0.1) is 30.3 Å². The van der Waals surface area contributed by atoms with Crippen molar-refractivity contribution in [1.29, 1.82) is 0 Å². The molecule has 0 bridgehead atoms. The van der Waals surface area contributed by atoms with Crippen molar-refractivity contribution >= 4 is 21.6 Å². The number of hydrogen-bond acceptors (Lipinski definition) is 5. The number of benzene rings is 3. The van der Waals surface area contributed by atoms with E-state index >= 15 is 0 Å². The van der Waals surface area contributed by atoms with Gasteiger partial charge in [0.2, 0.25) is 0 Å². The molecule has 0 fully saturated rings. The van der Waals surface area contributed by atoms with Crippen LogP contribution in [0, 0.1) is 20.8 Å². The van der Waals surface area contributed by atoms with Crippen LogP contribution in [0.4, 0.5) is 5.69 Å². The van der Waals surface area contributed by atoms with Crippen molar-refractivity contribution in [3.8, 4) is 11.5 Å². The standard InChI is InChI=1S/C30H36N2O5S/c1-18(2)24-16-25(21(5)15-28(24)36-7)22(6)31-30(33)29-17-32(26-14-20(4)10-13-27(26)37-29)38(34,35)23-11-8-19(3)9-12-23/h8-16,18,22,29H,17H2,1-7H3,(H,31,33)/t22-,29+/m1/s1. The molecule has 4 rings (SSSR count). The SMILES string of the molecule is COc1cc(C)c([C@@H](C)NC(=O)[C@@H]2CN(S(=O)(=O)c3ccc(C)cc3)c3cc(C)ccc3O2)cc1C(C)C. The molecule has 0 saturated carbocycles. The number of aryl methyl sites for hydroxylation is 3. The van der Waals surface area contributed by atoms with Gasteiger partial charge in [-0.25, -0.2) is 8.42 Å². The van der Waals surface area contributed by atoms with Gasteiger partial charge in [-0.1, -0.05) is 37.6 Å². The Morgan fingerprint density at radius 2 is 1.63 bits per heavy atom. The van der Waals surface area contributed by atoms with Crippen LogP contribution >= 0.6 is 0 Å². The third kappa shape index (κ3) is 5.36. The van der Waals surface area contributed by atoms with Gasteiger partial charge in [-0.3, -0.25) is 9.10 Å². The molecule has 1 aliphatic rings. The van der Waals surface area contributed by atoms with E-state index in [1.165, 1.54) is 4.31 Å². The van der Waals surface area contributed by atoms with E-state index in [-0.39, 0.29) is 29.3 Å². The van der Waals surface area contributed by atoms with Crippen LogP contribution in [-0.4, -0.2) is 34.1 Å². The van der Waals surface area contributed by atoms with Gasteiger partial charge in [0.1, 0.15) is 11.5 Å². The maximum absolute atomic E-state index is 13.7. The number of fused-ring (bicyclic) bond motifs is 1. The smallest absolute Gasteiger partial charge is 0.264 e. The second kappa shape index (κ2) is 10.7. The largest absolute Gasteiger partial charge is 0.496 e.